The first-order chi connectivity index (χ1) is 15.3. The van der Waals surface area contributed by atoms with Crippen LogP contribution in [0.5, 0.6) is 17.2 Å². The molecule has 0 fully saturated rings. The molecule has 0 aliphatic heterocycles. The van der Waals surface area contributed by atoms with Crippen molar-refractivity contribution in [2.24, 2.45) is 7.05 Å². The molecule has 0 radical (unpaired) electrons. The fourth-order valence-corrected chi connectivity index (χ4v) is 3.21. The van der Waals surface area contributed by atoms with Crippen LogP contribution in [0.25, 0.3) is 11.8 Å². The third-order valence-corrected chi connectivity index (χ3v) is 4.97. The van der Waals surface area contributed by atoms with E-state index >= 15 is 0 Å². The van der Waals surface area contributed by atoms with Crippen molar-refractivity contribution in [3.63, 3.8) is 0 Å². The molecular formula is C23H22N4O5. The zero-order valence-corrected chi connectivity index (χ0v) is 18.0. The van der Waals surface area contributed by atoms with Crippen molar-refractivity contribution in [2.75, 3.05) is 19.5 Å². The van der Waals surface area contributed by atoms with E-state index < -0.39 is 11.5 Å². The second kappa shape index (κ2) is 9.14. The Bertz CT molecular complexity index is 1270. The number of nitrogens with zero attached hydrogens (tertiary/aromatic N) is 3. The maximum absolute atomic E-state index is 13.0. The van der Waals surface area contributed by atoms with Crippen LogP contribution in [0.15, 0.2) is 52.8 Å². The number of carbonyl (C=O) groups is 1. The van der Waals surface area contributed by atoms with Gasteiger partial charge in [-0.25, -0.2) is 4.68 Å². The summed E-state index contributed by atoms with van der Waals surface area (Å²) in [6.45, 7) is 1.70. The second-order valence-corrected chi connectivity index (χ2v) is 6.83. The van der Waals surface area contributed by atoms with Crippen LogP contribution in [0.2, 0.25) is 0 Å². The summed E-state index contributed by atoms with van der Waals surface area (Å²) in [4.78, 5) is 25.8. The highest BCUT2D eigenvalue weighted by Crippen LogP contribution is 2.37. The van der Waals surface area contributed by atoms with Gasteiger partial charge in [-0.05, 0) is 42.8 Å². The van der Waals surface area contributed by atoms with Crippen LogP contribution in [0, 0.1) is 18.3 Å². The van der Waals surface area contributed by atoms with Crippen LogP contribution in [0.1, 0.15) is 11.3 Å². The van der Waals surface area contributed by atoms with Crippen LogP contribution in [0.4, 0.5) is 5.69 Å². The lowest BCUT2D eigenvalue weighted by atomic mass is 10.1. The fourth-order valence-electron chi connectivity index (χ4n) is 3.21. The lowest BCUT2D eigenvalue weighted by Gasteiger charge is -2.10. The third-order valence-electron chi connectivity index (χ3n) is 4.97. The Morgan fingerprint density at radius 3 is 2.28 bits per heavy atom. The summed E-state index contributed by atoms with van der Waals surface area (Å²) in [6.07, 6.45) is 1.31. The highest BCUT2D eigenvalue weighted by atomic mass is 16.5. The molecule has 2 aromatic carbocycles. The number of rotatable bonds is 6. The van der Waals surface area contributed by atoms with Gasteiger partial charge in [0.05, 0.1) is 25.6 Å². The molecule has 0 saturated carbocycles. The zero-order valence-electron chi connectivity index (χ0n) is 18.0. The Kier molecular flexibility index (Phi) is 6.35. The van der Waals surface area contributed by atoms with Crippen LogP contribution in [0.3, 0.4) is 0 Å². The number of hydrogen-bond donors (Lipinski definition) is 2. The van der Waals surface area contributed by atoms with Crippen molar-refractivity contribution < 1.29 is 19.4 Å². The van der Waals surface area contributed by atoms with Gasteiger partial charge in [-0.1, -0.05) is 18.2 Å². The van der Waals surface area contributed by atoms with Crippen molar-refractivity contribution in [1.29, 1.82) is 5.26 Å². The molecule has 0 unspecified atom stereocenters. The lowest BCUT2D eigenvalue weighted by molar-refractivity contribution is -0.112. The van der Waals surface area contributed by atoms with Gasteiger partial charge >= 0.3 is 0 Å². The van der Waals surface area contributed by atoms with E-state index in [0.29, 0.717) is 16.9 Å². The normalized spacial score (nSPS) is 11.0. The predicted octanol–water partition coefficient (Wildman–Crippen LogP) is 2.75. The zero-order chi connectivity index (χ0) is 23.4. The maximum atomic E-state index is 13.0. The average Bonchev–Trinajstić information content (AvgIpc) is 3.01. The Morgan fingerprint density at radius 2 is 1.75 bits per heavy atom. The van der Waals surface area contributed by atoms with Gasteiger partial charge < -0.3 is 19.9 Å². The first-order valence-corrected chi connectivity index (χ1v) is 9.54. The summed E-state index contributed by atoms with van der Waals surface area (Å²) in [7, 11) is 4.45. The molecule has 0 saturated heterocycles. The number of phenols is 1. The maximum Gasteiger partial charge on any atom is 0.295 e. The highest BCUT2D eigenvalue weighted by molar-refractivity contribution is 6.09. The van der Waals surface area contributed by atoms with Gasteiger partial charge in [0.15, 0.2) is 11.5 Å². The van der Waals surface area contributed by atoms with E-state index in [1.807, 2.05) is 12.1 Å². The molecule has 0 atom stereocenters. The Morgan fingerprint density at radius 1 is 1.16 bits per heavy atom. The van der Waals surface area contributed by atoms with Crippen LogP contribution < -0.4 is 20.3 Å². The summed E-state index contributed by atoms with van der Waals surface area (Å²) in [5.74, 6) is -0.697. The smallest absolute Gasteiger partial charge is 0.295 e. The van der Waals surface area contributed by atoms with E-state index in [9.17, 15) is 20.0 Å². The van der Waals surface area contributed by atoms with E-state index in [1.54, 1.807) is 42.9 Å². The van der Waals surface area contributed by atoms with E-state index in [2.05, 4.69) is 5.32 Å². The minimum atomic E-state index is -0.746. The van der Waals surface area contributed by atoms with Crippen molar-refractivity contribution in [3.05, 3.63) is 69.6 Å². The van der Waals surface area contributed by atoms with Gasteiger partial charge in [0.1, 0.15) is 17.3 Å². The van der Waals surface area contributed by atoms with Gasteiger partial charge in [-0.3, -0.25) is 14.3 Å². The van der Waals surface area contributed by atoms with E-state index in [1.165, 1.54) is 37.1 Å². The topological polar surface area (TPSA) is 119 Å². The molecule has 32 heavy (non-hydrogen) atoms. The molecule has 9 heteroatoms. The molecule has 2 N–H and O–H groups in total. The first-order valence-electron chi connectivity index (χ1n) is 9.54. The van der Waals surface area contributed by atoms with Crippen molar-refractivity contribution >= 4 is 17.7 Å². The second-order valence-electron chi connectivity index (χ2n) is 6.83. The summed E-state index contributed by atoms with van der Waals surface area (Å²) in [6, 6.07) is 13.8. The Hall–Kier alpha value is -4.45. The number of aromatic nitrogens is 2. The number of ether oxygens (including phenoxy) is 2. The van der Waals surface area contributed by atoms with Gasteiger partial charge in [0, 0.05) is 7.05 Å². The molecule has 0 aliphatic carbocycles. The summed E-state index contributed by atoms with van der Waals surface area (Å²) < 4.78 is 13.2. The number of aromatic hydroxyl groups is 1. The molecule has 1 aromatic heterocycles. The van der Waals surface area contributed by atoms with Crippen molar-refractivity contribution in [2.45, 2.75) is 6.92 Å². The van der Waals surface area contributed by atoms with E-state index in [0.717, 1.165) is 0 Å². The minimum absolute atomic E-state index is 0.0726. The number of anilines is 1. The summed E-state index contributed by atoms with van der Waals surface area (Å²) >= 11 is 0. The number of phenolic OH excluding ortho intramolecular Hbond substituents is 1. The SMILES string of the molecule is COc1cc(/C=C(\C#N)C(=O)Nc2c(C)n(C)n(-c3ccccc3)c2=O)cc(OC)c1O. The number of nitriles is 1. The summed E-state index contributed by atoms with van der Waals surface area (Å²) in [5.41, 5.74) is 0.974. The molecule has 0 aliphatic rings. The van der Waals surface area contributed by atoms with Crippen LogP contribution >= 0.6 is 0 Å². The number of benzene rings is 2. The highest BCUT2D eigenvalue weighted by Gasteiger charge is 2.20. The van der Waals surface area contributed by atoms with Gasteiger partial charge in [-0.15, -0.1) is 0 Å². The number of nitrogens with one attached hydrogen (secondary N) is 1. The lowest BCUT2D eigenvalue weighted by Crippen LogP contribution is -2.23. The third kappa shape index (κ3) is 4.06. The molecule has 0 bridgehead atoms. The Labute approximate surface area is 184 Å². The molecule has 3 rings (SSSR count). The number of para-hydroxylation sites is 1. The predicted molar refractivity (Wildman–Crippen MR) is 119 cm³/mol. The Balaban J connectivity index is 1.98. The number of methoxy groups -OCH3 is 2. The first kappa shape index (κ1) is 22.2. The van der Waals surface area contributed by atoms with Gasteiger partial charge in [0.2, 0.25) is 5.75 Å². The molecule has 164 valence electrons. The molecule has 0 spiro atoms. The van der Waals surface area contributed by atoms with Gasteiger partial charge in [-0.2, -0.15) is 5.26 Å². The largest absolute Gasteiger partial charge is 0.502 e. The molecular weight excluding hydrogens is 412 g/mol. The van der Waals surface area contributed by atoms with Crippen molar-refractivity contribution in [3.8, 4) is 29.0 Å². The minimum Gasteiger partial charge on any atom is -0.502 e. The molecule has 1 amide bonds. The average molecular weight is 434 g/mol. The number of amides is 1. The number of carbonyl (C=O) groups excluding carboxylic acids is 1. The molecule has 3 aromatic rings. The van der Waals surface area contributed by atoms with Crippen LogP contribution in [-0.2, 0) is 11.8 Å². The number of hydrogen-bond acceptors (Lipinski definition) is 6. The fraction of sp³-hybridized carbons (Fsp3) is 0.174. The summed E-state index contributed by atoms with van der Waals surface area (Å²) in [5, 5.41) is 22.1. The standard InChI is InChI=1S/C23H22N4O5/c1-14-20(23(30)27(26(14)2)17-8-6-5-7-9-17)25-22(29)16(13-24)10-15-11-18(31-3)21(28)19(12-15)32-4/h5-12,28H,1-4H3,(H,25,29)/b16-10+. The molecule has 9 nitrogen and oxygen atoms in total. The quantitative estimate of drug-likeness (QED) is 0.455. The van der Waals surface area contributed by atoms with E-state index in [4.69, 9.17) is 9.47 Å². The monoisotopic (exact) mass is 434 g/mol. The van der Waals surface area contributed by atoms with Crippen molar-refractivity contribution in [1.82, 2.24) is 9.36 Å². The molecule has 1 heterocycles. The van der Waals surface area contributed by atoms with Crippen LogP contribution in [-0.4, -0.2) is 34.6 Å². The van der Waals surface area contributed by atoms with E-state index in [-0.39, 0.29) is 28.5 Å². The van der Waals surface area contributed by atoms with Gasteiger partial charge in [0.25, 0.3) is 11.5 Å².